The van der Waals surface area contributed by atoms with E-state index in [0.29, 0.717) is 32.2 Å². The number of ether oxygens (including phenoxy) is 1. The van der Waals surface area contributed by atoms with Crippen LogP contribution in [0, 0.1) is 6.92 Å². The Morgan fingerprint density at radius 2 is 1.75 bits per heavy atom. The van der Waals surface area contributed by atoms with Crippen molar-refractivity contribution in [1.29, 1.82) is 0 Å². The van der Waals surface area contributed by atoms with E-state index in [4.69, 9.17) is 4.74 Å². The van der Waals surface area contributed by atoms with E-state index in [9.17, 15) is 8.42 Å². The second-order valence-electron chi connectivity index (χ2n) is 4.89. The molecule has 0 aliphatic carbocycles. The Hall–Kier alpha value is -1.07. The predicted molar refractivity (Wildman–Crippen MR) is 109 cm³/mol. The van der Waals surface area contributed by atoms with E-state index in [1.165, 1.54) is 5.56 Å². The van der Waals surface area contributed by atoms with E-state index in [1.54, 1.807) is 14.0 Å². The van der Waals surface area contributed by atoms with Gasteiger partial charge in [0.2, 0.25) is 10.0 Å². The molecule has 1 rings (SSSR count). The quantitative estimate of drug-likeness (QED) is 0.218. The van der Waals surface area contributed by atoms with Crippen molar-refractivity contribution in [3.8, 4) is 5.75 Å². The van der Waals surface area contributed by atoms with Crippen LogP contribution in [0.15, 0.2) is 29.3 Å². The van der Waals surface area contributed by atoms with Crippen molar-refractivity contribution in [3.05, 3.63) is 29.8 Å². The maximum atomic E-state index is 11.3. The van der Waals surface area contributed by atoms with Crippen LogP contribution in [-0.2, 0) is 10.0 Å². The summed E-state index contributed by atoms with van der Waals surface area (Å²) in [5.41, 5.74) is 1.19. The lowest BCUT2D eigenvalue weighted by molar-refractivity contribution is 0.322. The third-order valence-electron chi connectivity index (χ3n) is 3.03. The molecule has 0 bridgehead atoms. The lowest BCUT2D eigenvalue weighted by Gasteiger charge is -2.13. The third-order valence-corrected chi connectivity index (χ3v) is 4.43. The van der Waals surface area contributed by atoms with Crippen molar-refractivity contribution in [2.24, 2.45) is 4.99 Å². The van der Waals surface area contributed by atoms with Crippen LogP contribution in [0.2, 0.25) is 0 Å². The number of guanidine groups is 1. The molecular formula is C15H27IN4O3S. The Bertz CT molecular complexity index is 591. The minimum atomic E-state index is -3.15. The molecule has 0 saturated carbocycles. The highest BCUT2D eigenvalue weighted by Gasteiger charge is 2.04. The van der Waals surface area contributed by atoms with Crippen LogP contribution in [0.3, 0.4) is 0 Å². The summed E-state index contributed by atoms with van der Waals surface area (Å²) in [5, 5.41) is 6.13. The summed E-state index contributed by atoms with van der Waals surface area (Å²) in [6.45, 7) is 5.50. The molecule has 0 aliphatic heterocycles. The van der Waals surface area contributed by atoms with Crippen molar-refractivity contribution in [3.63, 3.8) is 0 Å². The standard InChI is InChI=1S/C15H26N4O3S.HI/c1-4-23(20,21)19-10-9-17-15(16-3)18-11-12-22-14-7-5-13(2)6-8-14;/h5-8,19H,4,9-12H2,1-3H3,(H2,16,17,18);1H. The van der Waals surface area contributed by atoms with E-state index < -0.39 is 10.0 Å². The van der Waals surface area contributed by atoms with Gasteiger partial charge in [0.15, 0.2) is 5.96 Å². The number of benzene rings is 1. The number of halogens is 1. The number of nitrogens with one attached hydrogen (secondary N) is 3. The van der Waals surface area contributed by atoms with E-state index in [1.807, 2.05) is 31.2 Å². The molecule has 0 unspecified atom stereocenters. The summed E-state index contributed by atoms with van der Waals surface area (Å²) in [6.07, 6.45) is 0. The van der Waals surface area contributed by atoms with Gasteiger partial charge >= 0.3 is 0 Å². The summed E-state index contributed by atoms with van der Waals surface area (Å²) >= 11 is 0. The predicted octanol–water partition coefficient (Wildman–Crippen LogP) is 1.10. The summed E-state index contributed by atoms with van der Waals surface area (Å²) in [7, 11) is -1.49. The molecule has 1 aromatic rings. The molecule has 0 heterocycles. The van der Waals surface area contributed by atoms with Crippen LogP contribution in [0.1, 0.15) is 12.5 Å². The van der Waals surface area contributed by atoms with Gasteiger partial charge < -0.3 is 15.4 Å². The van der Waals surface area contributed by atoms with Crippen LogP contribution in [-0.4, -0.2) is 53.4 Å². The van der Waals surface area contributed by atoms with Crippen molar-refractivity contribution in [2.45, 2.75) is 13.8 Å². The zero-order valence-corrected chi connectivity index (χ0v) is 17.5. The summed E-state index contributed by atoms with van der Waals surface area (Å²) < 4.78 is 30.6. The molecular weight excluding hydrogens is 443 g/mol. The average molecular weight is 470 g/mol. The van der Waals surface area contributed by atoms with E-state index in [2.05, 4.69) is 20.3 Å². The van der Waals surface area contributed by atoms with Crippen molar-refractivity contribution < 1.29 is 13.2 Å². The molecule has 0 atom stereocenters. The number of rotatable bonds is 9. The van der Waals surface area contributed by atoms with Crippen molar-refractivity contribution >= 4 is 40.0 Å². The molecule has 24 heavy (non-hydrogen) atoms. The molecule has 9 heteroatoms. The van der Waals surface area contributed by atoms with Gasteiger partial charge in [0, 0.05) is 20.1 Å². The normalized spacial score (nSPS) is 11.5. The number of aliphatic imine (C=N–C) groups is 1. The molecule has 3 N–H and O–H groups in total. The minimum Gasteiger partial charge on any atom is -0.492 e. The second kappa shape index (κ2) is 12.3. The molecule has 0 aliphatic rings. The van der Waals surface area contributed by atoms with Gasteiger partial charge in [0.05, 0.1) is 12.3 Å². The van der Waals surface area contributed by atoms with Gasteiger partial charge in [-0.25, -0.2) is 13.1 Å². The number of hydrogen-bond donors (Lipinski definition) is 3. The van der Waals surface area contributed by atoms with Gasteiger partial charge in [-0.3, -0.25) is 4.99 Å². The van der Waals surface area contributed by atoms with E-state index >= 15 is 0 Å². The van der Waals surface area contributed by atoms with Gasteiger partial charge in [-0.1, -0.05) is 17.7 Å². The molecule has 138 valence electrons. The monoisotopic (exact) mass is 470 g/mol. The van der Waals surface area contributed by atoms with Gasteiger partial charge in [-0.15, -0.1) is 24.0 Å². The zero-order valence-electron chi connectivity index (χ0n) is 14.3. The second-order valence-corrected chi connectivity index (χ2v) is 6.98. The minimum absolute atomic E-state index is 0. The zero-order chi connectivity index (χ0) is 17.1. The maximum absolute atomic E-state index is 11.3. The van der Waals surface area contributed by atoms with E-state index in [0.717, 1.165) is 5.75 Å². The molecule has 1 aromatic carbocycles. The number of aryl methyl sites for hydroxylation is 1. The SMILES string of the molecule is CCS(=O)(=O)NCCNC(=NC)NCCOc1ccc(C)cc1.I. The van der Waals surface area contributed by atoms with Crippen molar-refractivity contribution in [2.75, 3.05) is 39.0 Å². The number of sulfonamides is 1. The van der Waals surface area contributed by atoms with Crippen LogP contribution in [0.5, 0.6) is 5.75 Å². The highest BCUT2D eigenvalue weighted by Crippen LogP contribution is 2.10. The Labute approximate surface area is 161 Å². The molecule has 0 amide bonds. The maximum Gasteiger partial charge on any atom is 0.211 e. The molecule has 0 fully saturated rings. The van der Waals surface area contributed by atoms with Crippen LogP contribution >= 0.6 is 24.0 Å². The third kappa shape index (κ3) is 9.93. The van der Waals surface area contributed by atoms with E-state index in [-0.39, 0.29) is 29.7 Å². The molecule has 0 aromatic heterocycles. The van der Waals surface area contributed by atoms with Crippen LogP contribution in [0.25, 0.3) is 0 Å². The summed E-state index contributed by atoms with van der Waals surface area (Å²) in [4.78, 5) is 4.06. The molecule has 0 radical (unpaired) electrons. The first kappa shape index (κ1) is 22.9. The molecule has 0 spiro atoms. The summed E-state index contributed by atoms with van der Waals surface area (Å²) in [5.74, 6) is 1.51. The largest absolute Gasteiger partial charge is 0.492 e. The highest BCUT2D eigenvalue weighted by atomic mass is 127. The molecule has 7 nitrogen and oxygen atoms in total. The first-order valence-corrected chi connectivity index (χ1v) is 9.23. The first-order chi connectivity index (χ1) is 11.0. The Morgan fingerprint density at radius 3 is 2.33 bits per heavy atom. The topological polar surface area (TPSA) is 91.8 Å². The van der Waals surface area contributed by atoms with Gasteiger partial charge in [0.1, 0.15) is 12.4 Å². The smallest absolute Gasteiger partial charge is 0.211 e. The highest BCUT2D eigenvalue weighted by molar-refractivity contribution is 14.0. The Morgan fingerprint density at radius 1 is 1.12 bits per heavy atom. The Kier molecular flexibility index (Phi) is 11.8. The first-order valence-electron chi connectivity index (χ1n) is 7.58. The summed E-state index contributed by atoms with van der Waals surface area (Å²) in [6, 6.07) is 7.87. The fourth-order valence-corrected chi connectivity index (χ4v) is 2.30. The fraction of sp³-hybridized carbons (Fsp3) is 0.533. The Balaban J connectivity index is 0.00000529. The van der Waals surface area contributed by atoms with Crippen LogP contribution < -0.4 is 20.1 Å². The van der Waals surface area contributed by atoms with Gasteiger partial charge in [-0.2, -0.15) is 0 Å². The lowest BCUT2D eigenvalue weighted by Crippen LogP contribution is -2.42. The van der Waals surface area contributed by atoms with Gasteiger partial charge in [-0.05, 0) is 26.0 Å². The average Bonchev–Trinajstić information content (AvgIpc) is 2.55. The fourth-order valence-electron chi connectivity index (χ4n) is 1.68. The number of hydrogen-bond acceptors (Lipinski definition) is 4. The van der Waals surface area contributed by atoms with Crippen molar-refractivity contribution in [1.82, 2.24) is 15.4 Å². The number of nitrogens with zero attached hydrogens (tertiary/aromatic N) is 1. The van der Waals surface area contributed by atoms with Gasteiger partial charge in [0.25, 0.3) is 0 Å². The van der Waals surface area contributed by atoms with Crippen LogP contribution in [0.4, 0.5) is 0 Å². The lowest BCUT2D eigenvalue weighted by atomic mass is 10.2. The molecule has 0 saturated heterocycles.